The minimum Gasteiger partial charge on any atom is -0.339 e. The fourth-order valence-corrected chi connectivity index (χ4v) is 4.71. The van der Waals surface area contributed by atoms with Crippen LogP contribution in [0.4, 0.5) is 13.2 Å². The molecule has 0 N–H and O–H groups in total. The summed E-state index contributed by atoms with van der Waals surface area (Å²) in [6, 6.07) is 5.74. The van der Waals surface area contributed by atoms with Gasteiger partial charge in [-0.3, -0.25) is 19.2 Å². The first-order valence-corrected chi connectivity index (χ1v) is 11.4. The Morgan fingerprint density at radius 3 is 2.65 bits per heavy atom. The van der Waals surface area contributed by atoms with E-state index >= 15 is 0 Å². The molecule has 0 radical (unpaired) electrons. The molecule has 1 aromatic carbocycles. The maximum atomic E-state index is 13.4. The van der Waals surface area contributed by atoms with Gasteiger partial charge in [-0.15, -0.1) is 0 Å². The van der Waals surface area contributed by atoms with E-state index in [2.05, 4.69) is 15.0 Å². The number of carbonyl (C=O) groups is 1. The van der Waals surface area contributed by atoms with E-state index in [1.807, 2.05) is 30.0 Å². The van der Waals surface area contributed by atoms with E-state index in [1.54, 1.807) is 16.8 Å². The number of aliphatic imine (C=N–C) groups is 1. The van der Waals surface area contributed by atoms with Crippen molar-refractivity contribution in [3.05, 3.63) is 70.9 Å². The molecule has 6 nitrogen and oxygen atoms in total. The van der Waals surface area contributed by atoms with Gasteiger partial charge in [0, 0.05) is 43.0 Å². The highest BCUT2D eigenvalue weighted by Crippen LogP contribution is 2.32. The van der Waals surface area contributed by atoms with E-state index in [0.717, 1.165) is 43.5 Å². The third kappa shape index (κ3) is 4.10. The summed E-state index contributed by atoms with van der Waals surface area (Å²) in [5.74, 6) is 0.0637. The first kappa shape index (κ1) is 22.3. The Morgan fingerprint density at radius 1 is 1.12 bits per heavy atom. The van der Waals surface area contributed by atoms with Gasteiger partial charge in [-0.05, 0) is 43.4 Å². The smallest absolute Gasteiger partial charge is 0.339 e. The Morgan fingerprint density at radius 2 is 1.91 bits per heavy atom. The highest BCUT2D eigenvalue weighted by atomic mass is 19.4. The number of halogens is 3. The summed E-state index contributed by atoms with van der Waals surface area (Å²) in [6.45, 7) is 3.51. The van der Waals surface area contributed by atoms with Gasteiger partial charge in [0.1, 0.15) is 5.71 Å². The van der Waals surface area contributed by atoms with Crippen molar-refractivity contribution in [3.63, 3.8) is 0 Å². The molecule has 176 valence electrons. The van der Waals surface area contributed by atoms with Crippen LogP contribution in [0.2, 0.25) is 0 Å². The number of piperidine rings is 1. The number of aromatic nitrogens is 3. The number of amides is 1. The number of allylic oxidation sites excluding steroid dienone is 1. The van der Waals surface area contributed by atoms with Crippen LogP contribution in [0.3, 0.4) is 0 Å². The molecule has 4 heterocycles. The highest BCUT2D eigenvalue weighted by molar-refractivity contribution is 6.27. The average Bonchev–Trinajstić information content (AvgIpc) is 3.47. The van der Waals surface area contributed by atoms with Crippen molar-refractivity contribution in [1.82, 2.24) is 19.3 Å². The summed E-state index contributed by atoms with van der Waals surface area (Å²) in [4.78, 5) is 27.2. The number of benzene rings is 1. The van der Waals surface area contributed by atoms with Crippen LogP contribution >= 0.6 is 0 Å². The monoisotopic (exact) mass is 467 g/mol. The molecule has 2 aliphatic heterocycles. The quantitative estimate of drug-likeness (QED) is 0.561. The van der Waals surface area contributed by atoms with Gasteiger partial charge in [-0.1, -0.05) is 18.2 Å². The van der Waals surface area contributed by atoms with Crippen LogP contribution in [0.1, 0.15) is 52.1 Å². The zero-order valence-corrected chi connectivity index (χ0v) is 18.8. The Labute approximate surface area is 194 Å². The van der Waals surface area contributed by atoms with Gasteiger partial charge in [0.05, 0.1) is 24.1 Å². The second-order valence-electron chi connectivity index (χ2n) is 8.69. The lowest BCUT2D eigenvalue weighted by Crippen LogP contribution is -2.35. The Kier molecular flexibility index (Phi) is 5.71. The predicted molar refractivity (Wildman–Crippen MR) is 123 cm³/mol. The number of rotatable bonds is 4. The molecule has 2 aliphatic rings. The lowest BCUT2D eigenvalue weighted by Gasteiger charge is -2.27. The summed E-state index contributed by atoms with van der Waals surface area (Å²) in [6.07, 6.45) is 5.24. The Hall–Kier alpha value is -3.49. The maximum Gasteiger partial charge on any atom is 0.433 e. The van der Waals surface area contributed by atoms with Crippen LogP contribution in [0.15, 0.2) is 47.9 Å². The number of likely N-dealkylation sites (tertiary alicyclic amines) is 1. The number of fused-ring (bicyclic) bond motifs is 1. The number of hydrogen-bond donors (Lipinski definition) is 0. The summed E-state index contributed by atoms with van der Waals surface area (Å²) in [7, 11) is 0. The summed E-state index contributed by atoms with van der Waals surface area (Å²) in [5, 5.41) is 0. The zero-order valence-electron chi connectivity index (χ0n) is 18.8. The molecule has 34 heavy (non-hydrogen) atoms. The van der Waals surface area contributed by atoms with Gasteiger partial charge in [-0.25, -0.2) is 4.98 Å². The third-order valence-corrected chi connectivity index (χ3v) is 6.38. The minimum absolute atomic E-state index is 0.00285. The fraction of sp³-hybridized carbons (Fsp3) is 0.360. The van der Waals surface area contributed by atoms with E-state index in [0.29, 0.717) is 29.0 Å². The molecule has 0 atom stereocenters. The lowest BCUT2D eigenvalue weighted by atomic mass is 10.0. The van der Waals surface area contributed by atoms with Gasteiger partial charge in [0.25, 0.3) is 5.91 Å². The number of hydrogen-bond acceptors (Lipinski definition) is 4. The van der Waals surface area contributed by atoms with Crippen LogP contribution in [0.25, 0.3) is 11.2 Å². The standard InChI is InChI=1S/C25H24F3N5O/c1-16-13-17(5-6-18(16)24(34)32-10-3-2-4-11-32)14-20-23-31-15-21(33(23)12-9-29-20)19-7-8-30-22(19)25(26,27)28/h5-7,9,12-13,15H,2-4,8,10-11,14H2,1H3. The number of imidazole rings is 1. The van der Waals surface area contributed by atoms with E-state index in [1.165, 1.54) is 12.3 Å². The van der Waals surface area contributed by atoms with E-state index < -0.39 is 11.9 Å². The molecule has 0 bridgehead atoms. The van der Waals surface area contributed by atoms with E-state index in [9.17, 15) is 18.0 Å². The molecular weight excluding hydrogens is 443 g/mol. The van der Waals surface area contributed by atoms with Gasteiger partial charge < -0.3 is 4.90 Å². The van der Waals surface area contributed by atoms with Crippen LogP contribution < -0.4 is 0 Å². The molecule has 0 saturated carbocycles. The van der Waals surface area contributed by atoms with Crippen molar-refractivity contribution < 1.29 is 18.0 Å². The van der Waals surface area contributed by atoms with Crippen molar-refractivity contribution in [2.75, 3.05) is 19.6 Å². The topological polar surface area (TPSA) is 62.9 Å². The normalized spacial score (nSPS) is 16.6. The van der Waals surface area contributed by atoms with Crippen LogP contribution in [0.5, 0.6) is 0 Å². The molecule has 1 saturated heterocycles. The Balaban J connectivity index is 1.41. The average molecular weight is 467 g/mol. The SMILES string of the molecule is Cc1cc(Cc2nccn3c(C4=CCN=C4C(F)(F)F)cnc23)ccc1C(=O)N1CCCCC1. The summed E-state index contributed by atoms with van der Waals surface area (Å²) in [5.41, 5.74) is 3.19. The first-order chi connectivity index (χ1) is 16.3. The molecule has 0 unspecified atom stereocenters. The van der Waals surface area contributed by atoms with Crippen LogP contribution in [-0.2, 0) is 6.42 Å². The van der Waals surface area contributed by atoms with Crippen LogP contribution in [-0.4, -0.2) is 56.7 Å². The molecule has 1 amide bonds. The van der Waals surface area contributed by atoms with Gasteiger partial charge in [0.2, 0.25) is 0 Å². The highest BCUT2D eigenvalue weighted by Gasteiger charge is 2.40. The molecule has 0 aliphatic carbocycles. The molecule has 1 fully saturated rings. The molecule has 2 aromatic heterocycles. The van der Waals surface area contributed by atoms with E-state index in [-0.39, 0.29) is 18.0 Å². The predicted octanol–water partition coefficient (Wildman–Crippen LogP) is 4.65. The zero-order chi connectivity index (χ0) is 23.9. The largest absolute Gasteiger partial charge is 0.433 e. The number of nitrogens with zero attached hydrogens (tertiary/aromatic N) is 5. The third-order valence-electron chi connectivity index (χ3n) is 6.38. The number of carbonyl (C=O) groups excluding carboxylic acids is 1. The van der Waals surface area contributed by atoms with Crippen molar-refractivity contribution in [3.8, 4) is 0 Å². The summed E-state index contributed by atoms with van der Waals surface area (Å²) < 4.78 is 41.8. The molecule has 5 rings (SSSR count). The van der Waals surface area contributed by atoms with Crippen molar-refractivity contribution in [1.29, 1.82) is 0 Å². The van der Waals surface area contributed by atoms with Crippen LogP contribution in [0, 0.1) is 6.92 Å². The van der Waals surface area contributed by atoms with Gasteiger partial charge >= 0.3 is 6.18 Å². The second kappa shape index (κ2) is 8.70. The second-order valence-corrected chi connectivity index (χ2v) is 8.69. The van der Waals surface area contributed by atoms with Crippen molar-refractivity contribution in [2.24, 2.45) is 4.99 Å². The molecule has 9 heteroatoms. The maximum absolute atomic E-state index is 13.4. The van der Waals surface area contributed by atoms with E-state index in [4.69, 9.17) is 0 Å². The molecule has 0 spiro atoms. The van der Waals surface area contributed by atoms with Gasteiger partial charge in [0.15, 0.2) is 5.65 Å². The summed E-state index contributed by atoms with van der Waals surface area (Å²) >= 11 is 0. The Bertz CT molecular complexity index is 1320. The molecular formula is C25H24F3N5O. The van der Waals surface area contributed by atoms with Crippen molar-refractivity contribution in [2.45, 2.75) is 38.8 Å². The fourth-order valence-electron chi connectivity index (χ4n) is 4.71. The minimum atomic E-state index is -4.52. The lowest BCUT2D eigenvalue weighted by molar-refractivity contribution is -0.0571. The number of alkyl halides is 3. The molecule has 3 aromatic rings. The first-order valence-electron chi connectivity index (χ1n) is 11.4. The van der Waals surface area contributed by atoms with Gasteiger partial charge in [-0.2, -0.15) is 13.2 Å². The van der Waals surface area contributed by atoms with Crippen molar-refractivity contribution >= 4 is 22.8 Å². The number of aryl methyl sites for hydroxylation is 1.